The van der Waals surface area contributed by atoms with Gasteiger partial charge < -0.3 is 0 Å². The van der Waals surface area contributed by atoms with Gasteiger partial charge in [-0.25, -0.2) is 9.07 Å². The zero-order valence-electron chi connectivity index (χ0n) is 20.9. The van der Waals surface area contributed by atoms with Crippen molar-refractivity contribution in [3.8, 4) is 16.9 Å². The number of nitrogens with zero attached hydrogens (tertiary/aromatic N) is 5. The molecule has 0 saturated carbocycles. The van der Waals surface area contributed by atoms with Crippen LogP contribution in [0, 0.1) is 5.82 Å². The Labute approximate surface area is 231 Å². The summed E-state index contributed by atoms with van der Waals surface area (Å²) in [5, 5.41) is 9.24. The minimum Gasteiger partial charge on any atom is -0.266 e. The standard InChI is InChI=1S/C30H22FN5OS2/c1-2-38-25-15-11-21(12-16-25)28-22(19-35(34-28)24-6-4-3-5-7-24)18-26-29(37)36-30(39-26)32-27(33-36)17-10-20-8-13-23(31)14-9-20/h3-19H,2H2,1H3/b17-10+,26-18-. The minimum absolute atomic E-state index is 0.239. The maximum absolute atomic E-state index is 13.2. The molecule has 6 nitrogen and oxygen atoms in total. The molecule has 39 heavy (non-hydrogen) atoms. The largest absolute Gasteiger partial charge is 0.291 e. The predicted molar refractivity (Wildman–Crippen MR) is 157 cm³/mol. The molecule has 0 aliphatic heterocycles. The van der Waals surface area contributed by atoms with Crippen LogP contribution in [0.4, 0.5) is 4.39 Å². The predicted octanol–water partition coefficient (Wildman–Crippen LogP) is 5.97. The van der Waals surface area contributed by atoms with Gasteiger partial charge in [0.05, 0.1) is 15.9 Å². The molecule has 9 heteroatoms. The maximum atomic E-state index is 13.2. The molecule has 3 aromatic carbocycles. The van der Waals surface area contributed by atoms with Crippen LogP contribution in [-0.2, 0) is 0 Å². The number of thiazole rings is 1. The van der Waals surface area contributed by atoms with Gasteiger partial charge in [0.25, 0.3) is 5.56 Å². The molecule has 0 spiro atoms. The molecular formula is C30H22FN5OS2. The smallest absolute Gasteiger partial charge is 0.266 e. The summed E-state index contributed by atoms with van der Waals surface area (Å²) in [4.78, 5) is 19.4. The number of hydrogen-bond acceptors (Lipinski definition) is 6. The average molecular weight is 552 g/mol. The quantitative estimate of drug-likeness (QED) is 0.229. The van der Waals surface area contributed by atoms with E-state index in [1.54, 1.807) is 36.0 Å². The van der Waals surface area contributed by atoms with Crippen LogP contribution >= 0.6 is 23.1 Å². The number of thioether (sulfide) groups is 1. The van der Waals surface area contributed by atoms with Crippen molar-refractivity contribution in [1.29, 1.82) is 0 Å². The molecule has 0 fully saturated rings. The van der Waals surface area contributed by atoms with Crippen LogP contribution in [0.1, 0.15) is 23.9 Å². The van der Waals surface area contributed by atoms with Crippen molar-refractivity contribution in [1.82, 2.24) is 24.4 Å². The van der Waals surface area contributed by atoms with Crippen LogP contribution < -0.4 is 10.1 Å². The Bertz CT molecular complexity index is 1890. The first-order valence-electron chi connectivity index (χ1n) is 12.3. The zero-order chi connectivity index (χ0) is 26.8. The van der Waals surface area contributed by atoms with Gasteiger partial charge in [-0.2, -0.15) is 14.6 Å². The first-order chi connectivity index (χ1) is 19.1. The van der Waals surface area contributed by atoms with Crippen LogP contribution in [0.5, 0.6) is 0 Å². The van der Waals surface area contributed by atoms with E-state index in [0.717, 1.165) is 33.8 Å². The van der Waals surface area contributed by atoms with Crippen molar-refractivity contribution < 1.29 is 4.39 Å². The van der Waals surface area contributed by atoms with E-state index in [1.807, 2.05) is 47.3 Å². The van der Waals surface area contributed by atoms with Gasteiger partial charge >= 0.3 is 0 Å². The lowest BCUT2D eigenvalue weighted by Gasteiger charge is -2.02. The van der Waals surface area contributed by atoms with Gasteiger partial charge in [0.2, 0.25) is 4.96 Å². The molecule has 0 bridgehead atoms. The molecule has 0 saturated heterocycles. The second-order valence-corrected chi connectivity index (χ2v) is 11.0. The Balaban J connectivity index is 1.39. The maximum Gasteiger partial charge on any atom is 0.291 e. The molecular weight excluding hydrogens is 529 g/mol. The molecule has 3 heterocycles. The fourth-order valence-corrected chi connectivity index (χ4v) is 5.68. The lowest BCUT2D eigenvalue weighted by Crippen LogP contribution is -2.23. The molecule has 0 N–H and O–H groups in total. The highest BCUT2D eigenvalue weighted by Gasteiger charge is 2.14. The van der Waals surface area contributed by atoms with Gasteiger partial charge in [-0.15, -0.1) is 16.9 Å². The first kappa shape index (κ1) is 25.0. The number of halogens is 1. The number of aromatic nitrogens is 5. The van der Waals surface area contributed by atoms with Gasteiger partial charge in [-0.3, -0.25) is 4.79 Å². The summed E-state index contributed by atoms with van der Waals surface area (Å²) in [6.07, 6.45) is 7.28. The van der Waals surface area contributed by atoms with E-state index in [-0.39, 0.29) is 11.4 Å². The van der Waals surface area contributed by atoms with E-state index in [2.05, 4.69) is 41.3 Å². The summed E-state index contributed by atoms with van der Waals surface area (Å²) in [7, 11) is 0. The summed E-state index contributed by atoms with van der Waals surface area (Å²) in [5.74, 6) is 1.13. The van der Waals surface area contributed by atoms with Crippen LogP contribution in [-0.4, -0.2) is 30.1 Å². The first-order valence-corrected chi connectivity index (χ1v) is 14.1. The fraction of sp³-hybridized carbons (Fsp3) is 0.0667. The Morgan fingerprint density at radius 1 is 0.949 bits per heavy atom. The van der Waals surface area contributed by atoms with Crippen molar-refractivity contribution in [2.75, 3.05) is 5.75 Å². The lowest BCUT2D eigenvalue weighted by atomic mass is 10.1. The van der Waals surface area contributed by atoms with Crippen LogP contribution in [0.25, 0.3) is 40.1 Å². The molecule has 0 aliphatic rings. The third-order valence-corrected chi connectivity index (χ3v) is 7.84. The van der Waals surface area contributed by atoms with E-state index >= 15 is 0 Å². The van der Waals surface area contributed by atoms with E-state index in [4.69, 9.17) is 5.10 Å². The average Bonchev–Trinajstić information content (AvgIpc) is 3.64. The third kappa shape index (κ3) is 5.32. The summed E-state index contributed by atoms with van der Waals surface area (Å²) in [6.45, 7) is 2.13. The van der Waals surface area contributed by atoms with Gasteiger partial charge in [-0.05, 0) is 59.9 Å². The normalized spacial score (nSPS) is 12.2. The van der Waals surface area contributed by atoms with Crippen molar-refractivity contribution in [2.24, 2.45) is 0 Å². The Kier molecular flexibility index (Phi) is 6.91. The number of benzene rings is 3. The summed E-state index contributed by atoms with van der Waals surface area (Å²) >= 11 is 3.07. The zero-order valence-corrected chi connectivity index (χ0v) is 22.5. The van der Waals surface area contributed by atoms with Crippen molar-refractivity contribution in [3.63, 3.8) is 0 Å². The topological polar surface area (TPSA) is 65.1 Å². The highest BCUT2D eigenvalue weighted by atomic mass is 32.2. The van der Waals surface area contributed by atoms with E-state index in [1.165, 1.54) is 32.9 Å². The SMILES string of the molecule is CCSc1ccc(-c2nn(-c3ccccc3)cc2/C=c2\sc3nc(/C=C/c4ccc(F)cc4)nn3c2=O)cc1. The third-order valence-electron chi connectivity index (χ3n) is 5.98. The monoisotopic (exact) mass is 551 g/mol. The highest BCUT2D eigenvalue weighted by molar-refractivity contribution is 7.99. The van der Waals surface area contributed by atoms with Gasteiger partial charge in [0.1, 0.15) is 5.82 Å². The number of para-hydroxylation sites is 1. The molecule has 6 rings (SSSR count). The second kappa shape index (κ2) is 10.8. The molecule has 6 aromatic rings. The van der Waals surface area contributed by atoms with E-state index < -0.39 is 0 Å². The molecule has 0 atom stereocenters. The van der Waals surface area contributed by atoms with Crippen LogP contribution in [0.15, 0.2) is 94.7 Å². The molecule has 192 valence electrons. The molecule has 0 radical (unpaired) electrons. The lowest BCUT2D eigenvalue weighted by molar-refractivity contribution is 0.628. The molecule has 0 unspecified atom stereocenters. The van der Waals surface area contributed by atoms with E-state index in [0.29, 0.717) is 15.3 Å². The Morgan fingerprint density at radius 2 is 1.72 bits per heavy atom. The van der Waals surface area contributed by atoms with Crippen LogP contribution in [0.2, 0.25) is 0 Å². The molecule has 3 aromatic heterocycles. The fourth-order valence-electron chi connectivity index (χ4n) is 4.11. The Morgan fingerprint density at radius 3 is 2.44 bits per heavy atom. The summed E-state index contributed by atoms with van der Waals surface area (Å²) in [5.41, 5.74) is 4.09. The highest BCUT2D eigenvalue weighted by Crippen LogP contribution is 2.27. The second-order valence-electron chi connectivity index (χ2n) is 8.64. The summed E-state index contributed by atoms with van der Waals surface area (Å²) < 4.78 is 16.8. The van der Waals surface area contributed by atoms with Gasteiger partial charge in [-0.1, -0.05) is 66.8 Å². The number of hydrogen-bond donors (Lipinski definition) is 0. The van der Waals surface area contributed by atoms with Crippen molar-refractivity contribution in [3.05, 3.63) is 123 Å². The Hall–Kier alpha value is -4.34. The van der Waals surface area contributed by atoms with Crippen molar-refractivity contribution in [2.45, 2.75) is 11.8 Å². The number of fused-ring (bicyclic) bond motifs is 1. The molecule has 0 aliphatic carbocycles. The number of rotatable bonds is 7. The summed E-state index contributed by atoms with van der Waals surface area (Å²) in [6, 6.07) is 24.3. The van der Waals surface area contributed by atoms with Crippen LogP contribution in [0.3, 0.4) is 0 Å². The van der Waals surface area contributed by atoms with Gasteiger partial charge in [0, 0.05) is 22.2 Å². The van der Waals surface area contributed by atoms with E-state index in [9.17, 15) is 9.18 Å². The van der Waals surface area contributed by atoms with Crippen molar-refractivity contribution >= 4 is 46.3 Å². The van der Waals surface area contributed by atoms with Gasteiger partial charge in [0.15, 0.2) is 5.82 Å². The minimum atomic E-state index is -0.294. The molecule has 0 amide bonds.